The van der Waals surface area contributed by atoms with Crippen LogP contribution in [0.25, 0.3) is 6.08 Å². The first-order valence-corrected chi connectivity index (χ1v) is 7.35. The number of aryl methyl sites for hydroxylation is 1. The highest BCUT2D eigenvalue weighted by Crippen LogP contribution is 2.16. The minimum Gasteiger partial charge on any atom is -0.462 e. The zero-order valence-corrected chi connectivity index (χ0v) is 13.6. The summed E-state index contributed by atoms with van der Waals surface area (Å²) in [7, 11) is 1.58. The molecule has 1 N–H and O–H groups in total. The minimum atomic E-state index is -0.578. The lowest BCUT2D eigenvalue weighted by atomic mass is 10.2. The van der Waals surface area contributed by atoms with Gasteiger partial charge in [-0.05, 0) is 30.7 Å². The number of nitro benzene ring substituents is 1. The topological polar surface area (TPSA) is 116 Å². The standard InChI is InChI=1S/C16H16N4O5/c1-3-25-16(22)13-10-17-19(2)15(13)18-14(21)9-6-11-4-7-12(8-5-11)20(23)24/h4-10H,3H2,1-2H3,(H,18,21)/b9-6+. The molecular weight excluding hydrogens is 328 g/mol. The zero-order valence-electron chi connectivity index (χ0n) is 13.6. The first-order valence-electron chi connectivity index (χ1n) is 7.35. The van der Waals surface area contributed by atoms with Gasteiger partial charge >= 0.3 is 5.97 Å². The predicted molar refractivity (Wildman–Crippen MR) is 89.9 cm³/mol. The number of non-ortho nitro benzene ring substituents is 1. The highest BCUT2D eigenvalue weighted by molar-refractivity contribution is 6.05. The normalized spacial score (nSPS) is 10.6. The molecule has 2 aromatic rings. The summed E-state index contributed by atoms with van der Waals surface area (Å²) in [5.41, 5.74) is 0.744. The molecule has 0 unspecified atom stereocenters. The van der Waals surface area contributed by atoms with Crippen LogP contribution < -0.4 is 5.32 Å². The summed E-state index contributed by atoms with van der Waals surface area (Å²) >= 11 is 0. The molecule has 0 aliphatic carbocycles. The third kappa shape index (κ3) is 4.50. The molecule has 1 aromatic heterocycles. The highest BCUT2D eigenvalue weighted by Gasteiger charge is 2.18. The molecule has 1 aromatic carbocycles. The molecule has 0 fully saturated rings. The van der Waals surface area contributed by atoms with Crippen molar-refractivity contribution in [3.8, 4) is 0 Å². The van der Waals surface area contributed by atoms with Crippen molar-refractivity contribution in [1.29, 1.82) is 0 Å². The Balaban J connectivity index is 2.08. The second kappa shape index (κ2) is 7.86. The fourth-order valence-corrected chi connectivity index (χ4v) is 1.98. The molecular formula is C16H16N4O5. The number of anilines is 1. The number of ether oxygens (including phenoxy) is 1. The van der Waals surface area contributed by atoms with Crippen molar-refractivity contribution >= 4 is 29.5 Å². The summed E-state index contributed by atoms with van der Waals surface area (Å²) in [6.07, 6.45) is 4.07. The lowest BCUT2D eigenvalue weighted by Crippen LogP contribution is -2.15. The average Bonchev–Trinajstić information content (AvgIpc) is 2.94. The van der Waals surface area contributed by atoms with Gasteiger partial charge in [-0.1, -0.05) is 0 Å². The van der Waals surface area contributed by atoms with Crippen LogP contribution in [-0.4, -0.2) is 33.2 Å². The molecule has 0 atom stereocenters. The van der Waals surface area contributed by atoms with Gasteiger partial charge in [0.25, 0.3) is 5.69 Å². The number of nitrogens with one attached hydrogen (secondary N) is 1. The summed E-state index contributed by atoms with van der Waals surface area (Å²) in [6.45, 7) is 1.89. The Hall–Kier alpha value is -3.49. The van der Waals surface area contributed by atoms with Gasteiger partial charge < -0.3 is 10.1 Å². The minimum absolute atomic E-state index is 0.0319. The van der Waals surface area contributed by atoms with Crippen LogP contribution in [0, 0.1) is 10.1 Å². The van der Waals surface area contributed by atoms with Crippen LogP contribution in [0.4, 0.5) is 11.5 Å². The van der Waals surface area contributed by atoms with Gasteiger partial charge in [-0.15, -0.1) is 0 Å². The molecule has 2 rings (SSSR count). The van der Waals surface area contributed by atoms with Gasteiger partial charge in [-0.25, -0.2) is 4.79 Å². The molecule has 0 saturated heterocycles. The van der Waals surface area contributed by atoms with Gasteiger partial charge in [-0.2, -0.15) is 5.10 Å². The van der Waals surface area contributed by atoms with E-state index in [4.69, 9.17) is 4.74 Å². The zero-order chi connectivity index (χ0) is 18.4. The van der Waals surface area contributed by atoms with Crippen molar-refractivity contribution in [2.75, 3.05) is 11.9 Å². The predicted octanol–water partition coefficient (Wildman–Crippen LogP) is 2.16. The number of carbonyl (C=O) groups excluding carboxylic acids is 2. The second-order valence-corrected chi connectivity index (χ2v) is 4.92. The Kier molecular flexibility index (Phi) is 5.62. The van der Waals surface area contributed by atoms with Crippen molar-refractivity contribution < 1.29 is 19.2 Å². The number of hydrogen-bond acceptors (Lipinski definition) is 6. The van der Waals surface area contributed by atoms with Crippen LogP contribution >= 0.6 is 0 Å². The van der Waals surface area contributed by atoms with E-state index in [-0.39, 0.29) is 23.7 Å². The second-order valence-electron chi connectivity index (χ2n) is 4.92. The Bertz CT molecular complexity index is 824. The maximum absolute atomic E-state index is 12.0. The number of hydrogen-bond donors (Lipinski definition) is 1. The van der Waals surface area contributed by atoms with E-state index >= 15 is 0 Å². The Morgan fingerprint density at radius 1 is 1.36 bits per heavy atom. The molecule has 25 heavy (non-hydrogen) atoms. The van der Waals surface area contributed by atoms with Gasteiger partial charge in [0, 0.05) is 25.3 Å². The number of esters is 1. The molecule has 0 aliphatic heterocycles. The fraction of sp³-hybridized carbons (Fsp3) is 0.188. The van der Waals surface area contributed by atoms with Crippen LogP contribution in [-0.2, 0) is 16.6 Å². The van der Waals surface area contributed by atoms with Crippen LogP contribution in [0.2, 0.25) is 0 Å². The maximum atomic E-state index is 12.0. The molecule has 130 valence electrons. The van der Waals surface area contributed by atoms with Crippen LogP contribution in [0.1, 0.15) is 22.8 Å². The first kappa shape index (κ1) is 17.9. The third-order valence-corrected chi connectivity index (χ3v) is 3.21. The number of amides is 1. The molecule has 0 saturated carbocycles. The van der Waals surface area contributed by atoms with E-state index in [9.17, 15) is 19.7 Å². The van der Waals surface area contributed by atoms with Crippen LogP contribution in [0.15, 0.2) is 36.5 Å². The first-order chi connectivity index (χ1) is 11.9. The number of nitro groups is 1. The Morgan fingerprint density at radius 3 is 2.64 bits per heavy atom. The van der Waals surface area contributed by atoms with Crippen molar-refractivity contribution in [2.24, 2.45) is 7.05 Å². The molecule has 9 heteroatoms. The summed E-state index contributed by atoms with van der Waals surface area (Å²) in [6, 6.07) is 5.74. The number of carbonyl (C=O) groups is 2. The van der Waals surface area contributed by atoms with E-state index in [1.165, 1.54) is 47.3 Å². The number of benzene rings is 1. The van der Waals surface area contributed by atoms with Crippen LogP contribution in [0.5, 0.6) is 0 Å². The monoisotopic (exact) mass is 344 g/mol. The lowest BCUT2D eigenvalue weighted by molar-refractivity contribution is -0.384. The maximum Gasteiger partial charge on any atom is 0.343 e. The van der Waals surface area contributed by atoms with Gasteiger partial charge in [0.2, 0.25) is 5.91 Å². The van der Waals surface area contributed by atoms with Crippen molar-refractivity contribution in [1.82, 2.24) is 9.78 Å². The van der Waals surface area contributed by atoms with Gasteiger partial charge in [-0.3, -0.25) is 19.6 Å². The molecule has 1 amide bonds. The smallest absolute Gasteiger partial charge is 0.343 e. The van der Waals surface area contributed by atoms with Crippen molar-refractivity contribution in [3.63, 3.8) is 0 Å². The highest BCUT2D eigenvalue weighted by atomic mass is 16.6. The number of aromatic nitrogens is 2. The third-order valence-electron chi connectivity index (χ3n) is 3.21. The van der Waals surface area contributed by atoms with Gasteiger partial charge in [0.15, 0.2) is 0 Å². The van der Waals surface area contributed by atoms with Crippen molar-refractivity contribution in [3.05, 3.63) is 57.8 Å². The molecule has 0 spiro atoms. The molecule has 0 radical (unpaired) electrons. The summed E-state index contributed by atoms with van der Waals surface area (Å²) in [4.78, 5) is 34.0. The van der Waals surface area contributed by atoms with E-state index < -0.39 is 16.8 Å². The molecule has 1 heterocycles. The average molecular weight is 344 g/mol. The van der Waals surface area contributed by atoms with E-state index in [1.807, 2.05) is 0 Å². The van der Waals surface area contributed by atoms with Crippen LogP contribution in [0.3, 0.4) is 0 Å². The quantitative estimate of drug-likeness (QED) is 0.371. The van der Waals surface area contributed by atoms with E-state index in [1.54, 1.807) is 14.0 Å². The van der Waals surface area contributed by atoms with E-state index in [0.29, 0.717) is 5.56 Å². The Morgan fingerprint density at radius 2 is 2.04 bits per heavy atom. The summed E-state index contributed by atoms with van der Waals surface area (Å²) in [5, 5.41) is 17.1. The van der Waals surface area contributed by atoms with E-state index in [2.05, 4.69) is 10.4 Å². The van der Waals surface area contributed by atoms with Gasteiger partial charge in [0.1, 0.15) is 11.4 Å². The summed E-state index contributed by atoms with van der Waals surface area (Å²) < 4.78 is 6.26. The van der Waals surface area contributed by atoms with Crippen molar-refractivity contribution in [2.45, 2.75) is 6.92 Å². The molecule has 0 bridgehead atoms. The lowest BCUT2D eigenvalue weighted by Gasteiger charge is -2.06. The van der Waals surface area contributed by atoms with Gasteiger partial charge in [0.05, 0.1) is 17.7 Å². The number of nitrogens with zero attached hydrogens (tertiary/aromatic N) is 3. The largest absolute Gasteiger partial charge is 0.462 e. The van der Waals surface area contributed by atoms with E-state index in [0.717, 1.165) is 0 Å². The summed E-state index contributed by atoms with van der Waals surface area (Å²) in [5.74, 6) is -0.838. The Labute approximate surface area is 143 Å². The molecule has 0 aliphatic rings. The fourth-order valence-electron chi connectivity index (χ4n) is 1.98. The number of rotatable bonds is 6. The molecule has 9 nitrogen and oxygen atoms in total. The SMILES string of the molecule is CCOC(=O)c1cnn(C)c1NC(=O)/C=C/c1ccc([N+](=O)[O-])cc1.